The van der Waals surface area contributed by atoms with Crippen molar-refractivity contribution in [3.63, 3.8) is 0 Å². The van der Waals surface area contributed by atoms with Crippen molar-refractivity contribution in [3.8, 4) is 11.8 Å². The number of hydrazone groups is 1. The molecule has 0 amide bonds. The summed E-state index contributed by atoms with van der Waals surface area (Å²) in [6.45, 7) is 0. The summed E-state index contributed by atoms with van der Waals surface area (Å²) in [5.74, 6) is 0.129. The summed E-state index contributed by atoms with van der Waals surface area (Å²) in [5, 5.41) is 20.1. The maximum Gasteiger partial charge on any atom is 0.201 e. The van der Waals surface area contributed by atoms with Gasteiger partial charge < -0.3 is 16.2 Å². The summed E-state index contributed by atoms with van der Waals surface area (Å²) in [4.78, 5) is 4.17. The van der Waals surface area contributed by atoms with E-state index in [1.54, 1.807) is 18.2 Å². The first kappa shape index (κ1) is 13.6. The number of thiazole rings is 1. The zero-order chi connectivity index (χ0) is 14.7. The minimum Gasteiger partial charge on any atom is -0.494 e. The van der Waals surface area contributed by atoms with Crippen molar-refractivity contribution in [3.05, 3.63) is 12.1 Å². The van der Waals surface area contributed by atoms with Crippen molar-refractivity contribution < 1.29 is 4.74 Å². The number of nitrogens with zero attached hydrogens (tertiary/aromatic N) is 3. The van der Waals surface area contributed by atoms with E-state index in [9.17, 15) is 0 Å². The smallest absolute Gasteiger partial charge is 0.201 e. The van der Waals surface area contributed by atoms with Gasteiger partial charge in [-0.1, -0.05) is 11.3 Å². The number of fused-ring (bicyclic) bond motifs is 1. The Bertz CT molecular complexity index is 743. The van der Waals surface area contributed by atoms with Crippen LogP contribution in [0.5, 0.6) is 5.75 Å². The Morgan fingerprint density at radius 3 is 2.95 bits per heavy atom. The Labute approximate surface area is 118 Å². The van der Waals surface area contributed by atoms with Crippen molar-refractivity contribution in [2.75, 3.05) is 18.3 Å². The van der Waals surface area contributed by atoms with E-state index in [1.807, 2.05) is 0 Å². The minimum absolute atomic E-state index is 0.201. The number of rotatable bonds is 4. The van der Waals surface area contributed by atoms with E-state index in [4.69, 9.17) is 26.9 Å². The zero-order valence-electron chi connectivity index (χ0n) is 10.5. The Kier molecular flexibility index (Phi) is 3.67. The summed E-state index contributed by atoms with van der Waals surface area (Å²) < 4.78 is 6.05. The average Bonchev–Trinajstić information content (AvgIpc) is 2.78. The molecule has 0 bridgehead atoms. The van der Waals surface area contributed by atoms with Gasteiger partial charge in [0.05, 0.1) is 17.5 Å². The number of hydrogen-bond acceptors (Lipinski definition) is 8. The van der Waals surface area contributed by atoms with Crippen molar-refractivity contribution in [2.45, 2.75) is 0 Å². The van der Waals surface area contributed by atoms with E-state index in [0.29, 0.717) is 22.1 Å². The van der Waals surface area contributed by atoms with Crippen molar-refractivity contribution in [2.24, 2.45) is 10.8 Å². The maximum atomic E-state index is 8.76. The van der Waals surface area contributed by atoms with E-state index in [1.165, 1.54) is 18.4 Å². The number of amidine groups is 1. The molecule has 0 aliphatic heterocycles. The SMILES string of the molecule is COc1cc(N/N=C(\C#N)C(=N)N)cc2sc(N)nc12. The quantitative estimate of drug-likeness (QED) is 0.376. The molecule has 1 aromatic carbocycles. The Hall–Kier alpha value is -2.86. The van der Waals surface area contributed by atoms with Crippen LogP contribution in [0.2, 0.25) is 0 Å². The van der Waals surface area contributed by atoms with Crippen LogP contribution in [0.1, 0.15) is 0 Å². The number of anilines is 2. The lowest BCUT2D eigenvalue weighted by Crippen LogP contribution is -2.21. The van der Waals surface area contributed by atoms with E-state index in [-0.39, 0.29) is 5.71 Å². The van der Waals surface area contributed by atoms with Gasteiger partial charge in [0.2, 0.25) is 5.71 Å². The summed E-state index contributed by atoms with van der Waals surface area (Å²) in [6, 6.07) is 5.15. The number of hydrogen-bond donors (Lipinski definition) is 4. The molecular formula is C11H11N7OS. The summed E-state index contributed by atoms with van der Waals surface area (Å²) >= 11 is 1.31. The number of ether oxygens (including phenoxy) is 1. The summed E-state index contributed by atoms with van der Waals surface area (Å²) in [5.41, 5.74) is 14.6. The standard InChI is InChI=1S/C11H11N7OS/c1-19-7-2-5(17-18-6(4-12)10(13)14)3-8-9(7)16-11(15)20-8/h2-3,17H,1H3,(H3,13,14)(H2,15,16)/b18-6+. The van der Waals surface area contributed by atoms with Gasteiger partial charge in [-0.15, -0.1) is 0 Å². The highest BCUT2D eigenvalue weighted by Crippen LogP contribution is 2.34. The molecule has 2 aromatic rings. The molecule has 0 fully saturated rings. The predicted molar refractivity (Wildman–Crippen MR) is 79.2 cm³/mol. The molecule has 0 aliphatic rings. The normalized spacial score (nSPS) is 11.1. The molecule has 0 radical (unpaired) electrons. The summed E-state index contributed by atoms with van der Waals surface area (Å²) in [7, 11) is 1.52. The van der Waals surface area contributed by atoms with Crippen LogP contribution in [0.25, 0.3) is 10.2 Å². The average molecular weight is 289 g/mol. The highest BCUT2D eigenvalue weighted by Gasteiger charge is 2.10. The molecule has 1 aromatic heterocycles. The molecule has 20 heavy (non-hydrogen) atoms. The van der Waals surface area contributed by atoms with Crippen LogP contribution >= 0.6 is 11.3 Å². The zero-order valence-corrected chi connectivity index (χ0v) is 11.3. The maximum absolute atomic E-state index is 8.76. The lowest BCUT2D eigenvalue weighted by molar-refractivity contribution is 0.419. The third-order valence-corrected chi connectivity index (χ3v) is 3.19. The first-order valence-electron chi connectivity index (χ1n) is 5.37. The van der Waals surface area contributed by atoms with Gasteiger partial charge in [0.15, 0.2) is 11.0 Å². The fourth-order valence-electron chi connectivity index (χ4n) is 1.50. The Morgan fingerprint density at radius 1 is 1.60 bits per heavy atom. The third-order valence-electron chi connectivity index (χ3n) is 2.35. The molecule has 0 saturated carbocycles. The molecule has 0 atom stereocenters. The lowest BCUT2D eigenvalue weighted by atomic mass is 10.3. The van der Waals surface area contributed by atoms with Gasteiger partial charge in [0.1, 0.15) is 17.3 Å². The topological polar surface area (TPSA) is 146 Å². The van der Waals surface area contributed by atoms with Gasteiger partial charge in [-0.25, -0.2) is 4.98 Å². The molecule has 9 heteroatoms. The highest BCUT2D eigenvalue weighted by molar-refractivity contribution is 7.22. The van der Waals surface area contributed by atoms with Gasteiger partial charge in [-0.3, -0.25) is 10.8 Å². The van der Waals surface area contributed by atoms with Crippen LogP contribution in [-0.4, -0.2) is 23.6 Å². The monoisotopic (exact) mass is 289 g/mol. The van der Waals surface area contributed by atoms with Crippen molar-refractivity contribution in [1.82, 2.24) is 4.98 Å². The van der Waals surface area contributed by atoms with Gasteiger partial charge in [0, 0.05) is 6.07 Å². The van der Waals surface area contributed by atoms with Crippen LogP contribution in [0.4, 0.5) is 10.8 Å². The fourth-order valence-corrected chi connectivity index (χ4v) is 2.29. The van der Waals surface area contributed by atoms with Crippen LogP contribution in [0.15, 0.2) is 17.2 Å². The number of aromatic nitrogens is 1. The Balaban J connectivity index is 2.41. The van der Waals surface area contributed by atoms with Crippen LogP contribution in [0, 0.1) is 16.7 Å². The molecule has 0 unspecified atom stereocenters. The second kappa shape index (κ2) is 5.41. The molecule has 8 nitrogen and oxygen atoms in total. The van der Waals surface area contributed by atoms with Gasteiger partial charge >= 0.3 is 0 Å². The molecule has 0 aliphatic carbocycles. The van der Waals surface area contributed by atoms with Crippen LogP contribution < -0.4 is 21.6 Å². The number of nitriles is 1. The highest BCUT2D eigenvalue weighted by atomic mass is 32.1. The molecule has 0 spiro atoms. The van der Waals surface area contributed by atoms with Gasteiger partial charge in [-0.05, 0) is 6.07 Å². The Morgan fingerprint density at radius 2 is 2.35 bits per heavy atom. The van der Waals surface area contributed by atoms with E-state index < -0.39 is 5.84 Å². The number of nitrogens with two attached hydrogens (primary N) is 2. The lowest BCUT2D eigenvalue weighted by Gasteiger charge is -2.05. The van der Waals surface area contributed by atoms with Crippen LogP contribution in [-0.2, 0) is 0 Å². The minimum atomic E-state index is -0.407. The molecule has 102 valence electrons. The first-order valence-corrected chi connectivity index (χ1v) is 6.19. The molecular weight excluding hydrogens is 278 g/mol. The van der Waals surface area contributed by atoms with Gasteiger partial charge in [0.25, 0.3) is 0 Å². The number of methoxy groups -OCH3 is 1. The largest absolute Gasteiger partial charge is 0.494 e. The number of nitrogens with one attached hydrogen (secondary N) is 2. The summed E-state index contributed by atoms with van der Waals surface area (Å²) in [6.07, 6.45) is 0. The third kappa shape index (κ3) is 2.60. The second-order valence-corrected chi connectivity index (χ2v) is 4.74. The predicted octanol–water partition coefficient (Wildman–Crippen LogP) is 1.11. The van der Waals surface area contributed by atoms with Crippen molar-refractivity contribution >= 4 is 43.9 Å². The van der Waals surface area contributed by atoms with Crippen molar-refractivity contribution in [1.29, 1.82) is 10.7 Å². The van der Waals surface area contributed by atoms with Crippen LogP contribution in [0.3, 0.4) is 0 Å². The van der Waals surface area contributed by atoms with E-state index >= 15 is 0 Å². The number of benzene rings is 1. The fraction of sp³-hybridized carbons (Fsp3) is 0.0909. The first-order chi connectivity index (χ1) is 9.55. The van der Waals surface area contributed by atoms with E-state index in [2.05, 4.69) is 15.5 Å². The van der Waals surface area contributed by atoms with Gasteiger partial charge in [-0.2, -0.15) is 10.4 Å². The number of nitrogen functional groups attached to an aromatic ring is 1. The second-order valence-electron chi connectivity index (χ2n) is 3.68. The molecule has 2 rings (SSSR count). The molecule has 6 N–H and O–H groups in total. The molecule has 0 saturated heterocycles. The van der Waals surface area contributed by atoms with E-state index in [0.717, 1.165) is 4.70 Å². The molecule has 1 heterocycles.